The first kappa shape index (κ1) is 29.0. The molecule has 1 N–H and O–H groups in total. The second-order valence-electron chi connectivity index (χ2n) is 9.15. The number of ether oxygens (including phenoxy) is 1. The number of hydrazone groups is 1. The number of halogens is 1. The number of hydrogen-bond donors (Lipinski definition) is 1. The van der Waals surface area contributed by atoms with Crippen molar-refractivity contribution < 1.29 is 22.9 Å². The summed E-state index contributed by atoms with van der Waals surface area (Å²) in [7, 11) is -4.15. The number of hydrogen-bond acceptors (Lipinski definition) is 8. The van der Waals surface area contributed by atoms with Crippen molar-refractivity contribution in [2.45, 2.75) is 18.7 Å². The van der Waals surface area contributed by atoms with Crippen LogP contribution in [0.5, 0.6) is 0 Å². The molecule has 0 saturated carbocycles. The van der Waals surface area contributed by atoms with Crippen molar-refractivity contribution in [3.63, 3.8) is 0 Å². The Morgan fingerprint density at radius 2 is 1.82 bits per heavy atom. The molecule has 1 saturated heterocycles. The maximum absolute atomic E-state index is 13.6. The lowest BCUT2D eigenvalue weighted by atomic mass is 10.1. The zero-order valence-corrected chi connectivity index (χ0v) is 23.5. The van der Waals surface area contributed by atoms with Gasteiger partial charge in [-0.15, -0.1) is 0 Å². The third-order valence-corrected chi connectivity index (χ3v) is 8.31. The molecule has 1 aliphatic rings. The minimum Gasteiger partial charge on any atom is -0.378 e. The highest BCUT2D eigenvalue weighted by Crippen LogP contribution is 2.30. The molecule has 0 aromatic heterocycles. The number of morpholine rings is 1. The Labute approximate surface area is 237 Å². The Hall–Kier alpha value is -4.00. The number of aryl methyl sites for hydroxylation is 2. The van der Waals surface area contributed by atoms with E-state index in [0.29, 0.717) is 48.1 Å². The number of anilines is 2. The number of nitrogens with one attached hydrogen (secondary N) is 1. The maximum atomic E-state index is 13.6. The number of nitro groups is 1. The van der Waals surface area contributed by atoms with Crippen LogP contribution in [0.3, 0.4) is 0 Å². The number of non-ortho nitro benzene ring substituents is 1. The summed E-state index contributed by atoms with van der Waals surface area (Å²) in [6, 6.07) is 15.5. The fraction of sp³-hybridized carbons (Fsp3) is 0.259. The molecule has 0 spiro atoms. The predicted molar refractivity (Wildman–Crippen MR) is 154 cm³/mol. The number of benzene rings is 3. The summed E-state index contributed by atoms with van der Waals surface area (Å²) in [5, 5.41) is 15.7. The lowest BCUT2D eigenvalue weighted by molar-refractivity contribution is -0.384. The molecule has 1 heterocycles. The lowest BCUT2D eigenvalue weighted by Crippen LogP contribution is -2.40. The third kappa shape index (κ3) is 6.76. The molecule has 4 rings (SSSR count). The molecule has 1 fully saturated rings. The van der Waals surface area contributed by atoms with Crippen LogP contribution in [0.25, 0.3) is 0 Å². The Morgan fingerprint density at radius 3 is 2.50 bits per heavy atom. The van der Waals surface area contributed by atoms with Crippen LogP contribution in [-0.4, -0.2) is 58.3 Å². The van der Waals surface area contributed by atoms with Crippen LogP contribution in [0.1, 0.15) is 16.7 Å². The van der Waals surface area contributed by atoms with E-state index in [1.54, 1.807) is 37.3 Å². The van der Waals surface area contributed by atoms with Gasteiger partial charge >= 0.3 is 0 Å². The number of carbonyl (C=O) groups is 1. The normalized spacial score (nSPS) is 13.8. The first-order valence-electron chi connectivity index (χ1n) is 12.3. The molecule has 1 amide bonds. The Morgan fingerprint density at radius 1 is 1.12 bits per heavy atom. The van der Waals surface area contributed by atoms with Crippen molar-refractivity contribution >= 4 is 50.8 Å². The highest BCUT2D eigenvalue weighted by Gasteiger charge is 2.28. The Bertz CT molecular complexity index is 1540. The summed E-state index contributed by atoms with van der Waals surface area (Å²) in [6.07, 6.45) is 1.30. The van der Waals surface area contributed by atoms with Crippen molar-refractivity contribution in [3.8, 4) is 0 Å². The van der Waals surface area contributed by atoms with Crippen LogP contribution in [0.2, 0.25) is 5.02 Å². The monoisotopic (exact) mass is 585 g/mol. The van der Waals surface area contributed by atoms with Gasteiger partial charge in [-0.2, -0.15) is 5.10 Å². The predicted octanol–water partition coefficient (Wildman–Crippen LogP) is 4.05. The SMILES string of the molecule is Cc1ccc(S(=O)(=O)N(CC(=O)N/N=C\c2cc([N+](=O)[O-])ccc2N2CCOCC2)c2cc(Cl)ccc2C)cc1. The van der Waals surface area contributed by atoms with E-state index >= 15 is 0 Å². The molecule has 0 bridgehead atoms. The molecular weight excluding hydrogens is 558 g/mol. The van der Waals surface area contributed by atoms with Crippen LogP contribution in [0.4, 0.5) is 17.1 Å². The fourth-order valence-corrected chi connectivity index (χ4v) is 5.82. The first-order chi connectivity index (χ1) is 19.1. The number of rotatable bonds is 9. The summed E-state index contributed by atoms with van der Waals surface area (Å²) in [5.41, 5.74) is 5.08. The van der Waals surface area contributed by atoms with Gasteiger partial charge in [-0.05, 0) is 49.7 Å². The van der Waals surface area contributed by atoms with Gasteiger partial charge in [0.15, 0.2) is 0 Å². The summed E-state index contributed by atoms with van der Waals surface area (Å²) in [6.45, 7) is 5.18. The average Bonchev–Trinajstić information content (AvgIpc) is 2.93. The Balaban J connectivity index is 1.60. The standard InChI is InChI=1S/C27H28ClN5O6S/c1-19-3-8-24(9-4-19)40(37,38)32(26-16-22(28)6-5-20(26)2)18-27(34)30-29-17-21-15-23(33(35)36)7-10-25(21)31-11-13-39-14-12-31/h3-10,15-17H,11-14,18H2,1-2H3,(H,30,34)/b29-17-. The van der Waals surface area contributed by atoms with Gasteiger partial charge in [-0.3, -0.25) is 19.2 Å². The number of amides is 1. The summed E-state index contributed by atoms with van der Waals surface area (Å²) in [5.74, 6) is -0.718. The van der Waals surface area contributed by atoms with Gasteiger partial charge in [0.05, 0.1) is 34.9 Å². The van der Waals surface area contributed by atoms with Crippen molar-refractivity contribution in [2.24, 2.45) is 5.10 Å². The quantitative estimate of drug-likeness (QED) is 0.227. The molecule has 0 atom stereocenters. The van der Waals surface area contributed by atoms with E-state index in [4.69, 9.17) is 16.3 Å². The average molecular weight is 586 g/mol. The van der Waals surface area contributed by atoms with E-state index in [1.807, 2.05) is 11.8 Å². The van der Waals surface area contributed by atoms with E-state index < -0.39 is 27.4 Å². The largest absolute Gasteiger partial charge is 0.378 e. The van der Waals surface area contributed by atoms with Gasteiger partial charge in [0.2, 0.25) is 0 Å². The van der Waals surface area contributed by atoms with Gasteiger partial charge in [-0.25, -0.2) is 13.8 Å². The lowest BCUT2D eigenvalue weighted by Gasteiger charge is -2.29. The van der Waals surface area contributed by atoms with Crippen molar-refractivity contribution in [1.29, 1.82) is 0 Å². The molecule has 13 heteroatoms. The molecule has 3 aromatic carbocycles. The molecule has 40 heavy (non-hydrogen) atoms. The molecule has 1 aliphatic heterocycles. The topological polar surface area (TPSA) is 134 Å². The number of sulfonamides is 1. The van der Waals surface area contributed by atoms with Gasteiger partial charge in [0, 0.05) is 41.5 Å². The van der Waals surface area contributed by atoms with E-state index in [-0.39, 0.29) is 16.3 Å². The number of nitrogens with zero attached hydrogens (tertiary/aromatic N) is 4. The van der Waals surface area contributed by atoms with Crippen LogP contribution >= 0.6 is 11.6 Å². The van der Waals surface area contributed by atoms with Crippen molar-refractivity contribution in [1.82, 2.24) is 5.43 Å². The summed E-state index contributed by atoms with van der Waals surface area (Å²) < 4.78 is 33.7. The zero-order chi connectivity index (χ0) is 28.9. The van der Waals surface area contributed by atoms with Gasteiger partial charge in [-0.1, -0.05) is 35.4 Å². The maximum Gasteiger partial charge on any atom is 0.270 e. The van der Waals surface area contributed by atoms with Crippen LogP contribution in [0, 0.1) is 24.0 Å². The van der Waals surface area contributed by atoms with Crippen molar-refractivity contribution in [3.05, 3.63) is 92.5 Å². The van der Waals surface area contributed by atoms with E-state index in [2.05, 4.69) is 10.5 Å². The van der Waals surface area contributed by atoms with Crippen LogP contribution < -0.4 is 14.6 Å². The van der Waals surface area contributed by atoms with E-state index in [1.165, 1.54) is 36.5 Å². The van der Waals surface area contributed by atoms with Gasteiger partial charge in [0.1, 0.15) is 6.54 Å². The smallest absolute Gasteiger partial charge is 0.270 e. The molecule has 0 unspecified atom stereocenters. The van der Waals surface area contributed by atoms with E-state index in [9.17, 15) is 23.3 Å². The number of carbonyl (C=O) groups excluding carboxylic acids is 1. The third-order valence-electron chi connectivity index (χ3n) is 6.30. The summed E-state index contributed by atoms with van der Waals surface area (Å²) >= 11 is 6.17. The molecule has 0 aliphatic carbocycles. The zero-order valence-electron chi connectivity index (χ0n) is 21.9. The van der Waals surface area contributed by atoms with Gasteiger partial charge in [0.25, 0.3) is 21.6 Å². The van der Waals surface area contributed by atoms with Crippen molar-refractivity contribution in [2.75, 3.05) is 42.1 Å². The second kappa shape index (κ2) is 12.5. The molecular formula is C27H28ClN5O6S. The van der Waals surface area contributed by atoms with Crippen LogP contribution in [0.15, 0.2) is 70.7 Å². The minimum atomic E-state index is -4.15. The second-order valence-corrected chi connectivity index (χ2v) is 11.4. The molecule has 0 radical (unpaired) electrons. The van der Waals surface area contributed by atoms with E-state index in [0.717, 1.165) is 9.87 Å². The van der Waals surface area contributed by atoms with Crippen LogP contribution in [-0.2, 0) is 19.6 Å². The summed E-state index contributed by atoms with van der Waals surface area (Å²) in [4.78, 5) is 25.9. The molecule has 3 aromatic rings. The molecule has 210 valence electrons. The van der Waals surface area contributed by atoms with Gasteiger partial charge < -0.3 is 9.64 Å². The fourth-order valence-electron chi connectivity index (χ4n) is 4.18. The minimum absolute atomic E-state index is 0.0144. The Kier molecular flexibility index (Phi) is 9.03. The first-order valence-corrected chi connectivity index (χ1v) is 14.2. The highest BCUT2D eigenvalue weighted by molar-refractivity contribution is 7.92. The molecule has 11 nitrogen and oxygen atoms in total. The highest BCUT2D eigenvalue weighted by atomic mass is 35.5. The number of nitro benzene ring substituents is 1.